The van der Waals surface area contributed by atoms with Crippen LogP contribution in [-0.4, -0.2) is 36.0 Å². The number of nitrogens with zero attached hydrogens (tertiary/aromatic N) is 1. The number of ether oxygens (including phenoxy) is 1. The van der Waals surface area contributed by atoms with Gasteiger partial charge in [-0.25, -0.2) is 4.79 Å². The number of carbonyl (C=O) groups excluding carboxylic acids is 2. The van der Waals surface area contributed by atoms with E-state index in [2.05, 4.69) is 23.3 Å². The molecule has 2 aromatic carbocycles. The van der Waals surface area contributed by atoms with Crippen molar-refractivity contribution in [2.75, 3.05) is 12.4 Å². The number of carbonyl (C=O) groups is 2. The fourth-order valence-corrected chi connectivity index (χ4v) is 4.39. The van der Waals surface area contributed by atoms with Gasteiger partial charge in [0.1, 0.15) is 0 Å². The predicted molar refractivity (Wildman–Crippen MR) is 113 cm³/mol. The number of fused-ring (bicyclic) bond motifs is 1. The minimum absolute atomic E-state index is 0.277. The van der Waals surface area contributed by atoms with Crippen molar-refractivity contribution < 1.29 is 14.3 Å². The molecule has 152 valence electrons. The van der Waals surface area contributed by atoms with Crippen molar-refractivity contribution in [3.8, 4) is 0 Å². The van der Waals surface area contributed by atoms with Crippen LogP contribution >= 0.6 is 0 Å². The molecule has 1 saturated carbocycles. The molecule has 0 radical (unpaired) electrons. The number of esters is 1. The fourth-order valence-electron chi connectivity index (χ4n) is 4.39. The van der Waals surface area contributed by atoms with Crippen LogP contribution in [0.5, 0.6) is 0 Å². The Kier molecular flexibility index (Phi) is 5.95. The third-order valence-electron chi connectivity index (χ3n) is 6.08. The average molecular weight is 392 g/mol. The van der Waals surface area contributed by atoms with Gasteiger partial charge in [0.2, 0.25) is 0 Å². The van der Waals surface area contributed by atoms with Gasteiger partial charge in [-0.2, -0.15) is 0 Å². The molecule has 0 aromatic heterocycles. The third kappa shape index (κ3) is 4.51. The molecule has 1 atom stereocenters. The average Bonchev–Trinajstić information content (AvgIpc) is 2.75. The fraction of sp³-hybridized carbons (Fsp3) is 0.417. The number of benzene rings is 2. The summed E-state index contributed by atoms with van der Waals surface area (Å²) >= 11 is 0. The molecule has 5 nitrogen and oxygen atoms in total. The molecule has 1 heterocycles. The lowest BCUT2D eigenvalue weighted by Crippen LogP contribution is -2.38. The first-order chi connectivity index (χ1) is 14.1. The molecule has 1 aliphatic heterocycles. The van der Waals surface area contributed by atoms with Crippen LogP contribution in [0.15, 0.2) is 48.5 Å². The number of rotatable bonds is 5. The third-order valence-corrected chi connectivity index (χ3v) is 6.08. The molecule has 1 amide bonds. The molecular formula is C24H28N2O3. The van der Waals surface area contributed by atoms with Gasteiger partial charge in [-0.1, -0.05) is 55.7 Å². The first kappa shape index (κ1) is 19.6. The lowest BCUT2D eigenvalue weighted by atomic mass is 9.94. The first-order valence-electron chi connectivity index (χ1n) is 10.5. The second kappa shape index (κ2) is 8.78. The molecule has 1 fully saturated rings. The Balaban J connectivity index is 1.44. The highest BCUT2D eigenvalue weighted by molar-refractivity contribution is 6.00. The molecule has 4 rings (SSSR count). The summed E-state index contributed by atoms with van der Waals surface area (Å²) in [6.45, 7) is 0.786. The summed E-state index contributed by atoms with van der Waals surface area (Å²) in [7, 11) is 2.16. The van der Waals surface area contributed by atoms with Crippen molar-refractivity contribution >= 4 is 17.6 Å². The lowest BCUT2D eigenvalue weighted by Gasteiger charge is -2.31. The maximum atomic E-state index is 12.9. The molecule has 1 aliphatic carbocycles. The molecule has 5 heteroatoms. The van der Waals surface area contributed by atoms with Crippen LogP contribution in [0.2, 0.25) is 0 Å². The van der Waals surface area contributed by atoms with E-state index in [4.69, 9.17) is 4.74 Å². The van der Waals surface area contributed by atoms with Gasteiger partial charge in [0.15, 0.2) is 6.10 Å². The zero-order chi connectivity index (χ0) is 20.2. The summed E-state index contributed by atoms with van der Waals surface area (Å²) < 4.78 is 5.40. The highest BCUT2D eigenvalue weighted by atomic mass is 16.5. The van der Waals surface area contributed by atoms with Crippen molar-refractivity contribution in [1.29, 1.82) is 0 Å². The largest absolute Gasteiger partial charge is 0.448 e. The van der Waals surface area contributed by atoms with Crippen molar-refractivity contribution in [3.63, 3.8) is 0 Å². The number of hydrogen-bond acceptors (Lipinski definition) is 4. The Hall–Kier alpha value is -2.66. The maximum Gasteiger partial charge on any atom is 0.339 e. The molecule has 0 saturated heterocycles. The normalized spacial score (nSPS) is 19.5. The second-order valence-corrected chi connectivity index (χ2v) is 8.11. The zero-order valence-corrected chi connectivity index (χ0v) is 16.9. The minimum atomic E-state index is -0.804. The van der Waals surface area contributed by atoms with Crippen LogP contribution in [0.3, 0.4) is 0 Å². The number of nitrogens with one attached hydrogen (secondary N) is 1. The number of cyclic esters (lactones) is 1. The molecular weight excluding hydrogens is 364 g/mol. The van der Waals surface area contributed by atoms with Crippen LogP contribution in [-0.2, 0) is 22.5 Å². The topological polar surface area (TPSA) is 58.6 Å². The molecule has 1 unspecified atom stereocenters. The Labute approximate surface area is 172 Å². The summed E-state index contributed by atoms with van der Waals surface area (Å²) in [5.74, 6) is -0.710. The molecule has 2 aliphatic rings. The Bertz CT molecular complexity index is 889. The Morgan fingerprint density at radius 2 is 1.79 bits per heavy atom. The van der Waals surface area contributed by atoms with E-state index in [9.17, 15) is 9.59 Å². The van der Waals surface area contributed by atoms with E-state index in [0.29, 0.717) is 18.0 Å². The van der Waals surface area contributed by atoms with E-state index >= 15 is 0 Å². The number of para-hydroxylation sites is 1. The van der Waals surface area contributed by atoms with E-state index < -0.39 is 12.1 Å². The summed E-state index contributed by atoms with van der Waals surface area (Å²) in [5, 5.41) is 3.00. The van der Waals surface area contributed by atoms with Gasteiger partial charge in [-0.05, 0) is 43.1 Å². The van der Waals surface area contributed by atoms with Gasteiger partial charge in [0.05, 0.1) is 5.56 Å². The lowest BCUT2D eigenvalue weighted by molar-refractivity contribution is -0.125. The quantitative estimate of drug-likeness (QED) is 0.776. The van der Waals surface area contributed by atoms with Gasteiger partial charge in [0, 0.05) is 24.7 Å². The number of amides is 1. The van der Waals surface area contributed by atoms with Crippen LogP contribution in [0.4, 0.5) is 5.69 Å². The van der Waals surface area contributed by atoms with Crippen molar-refractivity contribution in [2.24, 2.45) is 0 Å². The summed E-state index contributed by atoms with van der Waals surface area (Å²) in [6, 6.07) is 15.8. The molecule has 2 aromatic rings. The highest BCUT2D eigenvalue weighted by Gasteiger charge is 2.31. The van der Waals surface area contributed by atoms with Gasteiger partial charge in [-0.15, -0.1) is 0 Å². The van der Waals surface area contributed by atoms with E-state index in [0.717, 1.165) is 23.4 Å². The van der Waals surface area contributed by atoms with E-state index in [1.165, 1.54) is 32.1 Å². The summed E-state index contributed by atoms with van der Waals surface area (Å²) in [6.07, 6.45) is 5.99. The standard InChI is InChI=1S/C24H28N2O3/c1-26(19-11-3-2-4-12-19)16-18-10-6-8-14-21(18)25-23(27)22-15-17-9-5-7-13-20(17)24(28)29-22/h5-10,13-14,19,22H,2-4,11-12,15-16H2,1H3,(H,25,27). The number of anilines is 1. The van der Waals surface area contributed by atoms with Crippen LogP contribution in [0.25, 0.3) is 0 Å². The van der Waals surface area contributed by atoms with Gasteiger partial charge < -0.3 is 10.1 Å². The SMILES string of the molecule is CN(Cc1ccccc1NC(=O)C1Cc2ccccc2C(=O)O1)C1CCCCC1. The van der Waals surface area contributed by atoms with Crippen LogP contribution in [0.1, 0.15) is 53.6 Å². The van der Waals surface area contributed by atoms with E-state index in [-0.39, 0.29) is 5.91 Å². The number of hydrogen-bond donors (Lipinski definition) is 1. The zero-order valence-electron chi connectivity index (χ0n) is 16.9. The van der Waals surface area contributed by atoms with Crippen molar-refractivity contribution in [1.82, 2.24) is 4.90 Å². The van der Waals surface area contributed by atoms with Gasteiger partial charge in [-0.3, -0.25) is 9.69 Å². The van der Waals surface area contributed by atoms with Crippen LogP contribution < -0.4 is 5.32 Å². The van der Waals surface area contributed by atoms with Crippen molar-refractivity contribution in [2.45, 2.75) is 57.2 Å². The van der Waals surface area contributed by atoms with Crippen LogP contribution in [0, 0.1) is 0 Å². The second-order valence-electron chi connectivity index (χ2n) is 8.11. The highest BCUT2D eigenvalue weighted by Crippen LogP contribution is 2.26. The first-order valence-corrected chi connectivity index (χ1v) is 10.5. The predicted octanol–water partition coefficient (Wildman–Crippen LogP) is 4.17. The maximum absolute atomic E-state index is 12.9. The molecule has 0 spiro atoms. The summed E-state index contributed by atoms with van der Waals surface area (Å²) in [5.41, 5.74) is 3.27. The van der Waals surface area contributed by atoms with Crippen molar-refractivity contribution in [3.05, 3.63) is 65.2 Å². The van der Waals surface area contributed by atoms with E-state index in [1.54, 1.807) is 12.1 Å². The minimum Gasteiger partial charge on any atom is -0.448 e. The monoisotopic (exact) mass is 392 g/mol. The molecule has 1 N–H and O–H groups in total. The smallest absolute Gasteiger partial charge is 0.339 e. The van der Waals surface area contributed by atoms with Gasteiger partial charge >= 0.3 is 5.97 Å². The Morgan fingerprint density at radius 3 is 2.62 bits per heavy atom. The molecule has 29 heavy (non-hydrogen) atoms. The van der Waals surface area contributed by atoms with E-state index in [1.807, 2.05) is 30.3 Å². The molecule has 0 bridgehead atoms. The Morgan fingerprint density at radius 1 is 1.07 bits per heavy atom. The van der Waals surface area contributed by atoms with Gasteiger partial charge in [0.25, 0.3) is 5.91 Å². The summed E-state index contributed by atoms with van der Waals surface area (Å²) in [4.78, 5) is 27.5.